The van der Waals surface area contributed by atoms with Crippen molar-refractivity contribution in [3.8, 4) is 5.75 Å². The second kappa shape index (κ2) is 8.21. The van der Waals surface area contributed by atoms with Crippen LogP contribution in [0.5, 0.6) is 5.75 Å². The molecule has 132 valence electrons. The molecule has 2 heterocycles. The minimum Gasteiger partial charge on any atom is -0.495 e. The standard InChI is InChI=1S/C19H22ClN3O2/c1-25-17-7-6-15(20)13-16(17)22-18-12-14(8-9-21-18)19(24)23-10-4-2-3-5-11-23/h6-9,12-13H,2-5,10-11H2,1H3,(H,21,22). The van der Waals surface area contributed by atoms with Gasteiger partial charge in [0.2, 0.25) is 0 Å². The monoisotopic (exact) mass is 359 g/mol. The molecule has 0 spiro atoms. The predicted octanol–water partition coefficient (Wildman–Crippen LogP) is 4.50. The van der Waals surface area contributed by atoms with Crippen LogP contribution in [0.1, 0.15) is 36.0 Å². The second-order valence-electron chi connectivity index (χ2n) is 6.11. The van der Waals surface area contributed by atoms with Gasteiger partial charge < -0.3 is 15.0 Å². The highest BCUT2D eigenvalue weighted by atomic mass is 35.5. The first-order valence-electron chi connectivity index (χ1n) is 8.53. The molecule has 5 nitrogen and oxygen atoms in total. The van der Waals surface area contributed by atoms with Gasteiger partial charge in [0.25, 0.3) is 5.91 Å². The number of rotatable bonds is 4. The number of hydrogen-bond acceptors (Lipinski definition) is 4. The molecule has 1 aromatic carbocycles. The van der Waals surface area contributed by atoms with Crippen LogP contribution in [0.25, 0.3) is 0 Å². The second-order valence-corrected chi connectivity index (χ2v) is 6.54. The van der Waals surface area contributed by atoms with Crippen molar-refractivity contribution in [1.29, 1.82) is 0 Å². The fourth-order valence-corrected chi connectivity index (χ4v) is 3.18. The fourth-order valence-electron chi connectivity index (χ4n) is 3.00. The summed E-state index contributed by atoms with van der Waals surface area (Å²) < 4.78 is 5.34. The largest absolute Gasteiger partial charge is 0.495 e. The van der Waals surface area contributed by atoms with E-state index >= 15 is 0 Å². The summed E-state index contributed by atoms with van der Waals surface area (Å²) in [5.41, 5.74) is 1.35. The van der Waals surface area contributed by atoms with E-state index in [-0.39, 0.29) is 5.91 Å². The van der Waals surface area contributed by atoms with Crippen LogP contribution in [0.3, 0.4) is 0 Å². The summed E-state index contributed by atoms with van der Waals surface area (Å²) in [6.07, 6.45) is 6.18. The number of pyridine rings is 1. The van der Waals surface area contributed by atoms with Gasteiger partial charge in [-0.2, -0.15) is 0 Å². The highest BCUT2D eigenvalue weighted by molar-refractivity contribution is 6.31. The molecular weight excluding hydrogens is 338 g/mol. The average molecular weight is 360 g/mol. The summed E-state index contributed by atoms with van der Waals surface area (Å²) in [4.78, 5) is 19.0. The number of nitrogens with zero attached hydrogens (tertiary/aromatic N) is 2. The van der Waals surface area contributed by atoms with Gasteiger partial charge in [-0.15, -0.1) is 0 Å². The third kappa shape index (κ3) is 4.42. The summed E-state index contributed by atoms with van der Waals surface area (Å²) in [5, 5.41) is 3.78. The average Bonchev–Trinajstić information content (AvgIpc) is 2.91. The van der Waals surface area contributed by atoms with Gasteiger partial charge in [-0.1, -0.05) is 24.4 Å². The van der Waals surface area contributed by atoms with Crippen LogP contribution in [0.2, 0.25) is 5.02 Å². The first kappa shape index (κ1) is 17.5. The molecule has 1 aliphatic rings. The van der Waals surface area contributed by atoms with Crippen LogP contribution in [0, 0.1) is 0 Å². The lowest BCUT2D eigenvalue weighted by molar-refractivity contribution is 0.0761. The van der Waals surface area contributed by atoms with Crippen molar-refractivity contribution >= 4 is 29.0 Å². The zero-order chi connectivity index (χ0) is 17.6. The normalized spacial score (nSPS) is 14.7. The number of halogens is 1. The molecule has 0 aliphatic carbocycles. The molecule has 0 unspecified atom stereocenters. The Morgan fingerprint density at radius 3 is 2.64 bits per heavy atom. The van der Waals surface area contributed by atoms with Crippen molar-refractivity contribution in [2.24, 2.45) is 0 Å². The molecule has 0 atom stereocenters. The minimum absolute atomic E-state index is 0.0606. The number of amides is 1. The van der Waals surface area contributed by atoms with Crippen molar-refractivity contribution < 1.29 is 9.53 Å². The number of methoxy groups -OCH3 is 1. The SMILES string of the molecule is COc1ccc(Cl)cc1Nc1cc(C(=O)N2CCCCCC2)ccn1. The number of aromatic nitrogens is 1. The zero-order valence-electron chi connectivity index (χ0n) is 14.3. The predicted molar refractivity (Wildman–Crippen MR) is 99.9 cm³/mol. The summed E-state index contributed by atoms with van der Waals surface area (Å²) in [6, 6.07) is 8.85. The number of likely N-dealkylation sites (tertiary alicyclic amines) is 1. The van der Waals surface area contributed by atoms with Crippen molar-refractivity contribution in [1.82, 2.24) is 9.88 Å². The summed E-state index contributed by atoms with van der Waals surface area (Å²) in [7, 11) is 1.60. The molecule has 2 aromatic rings. The highest BCUT2D eigenvalue weighted by Crippen LogP contribution is 2.30. The van der Waals surface area contributed by atoms with Crippen LogP contribution in [0.15, 0.2) is 36.5 Å². The maximum atomic E-state index is 12.8. The minimum atomic E-state index is 0.0606. The topological polar surface area (TPSA) is 54.5 Å². The van der Waals surface area contributed by atoms with Gasteiger partial charge in [-0.3, -0.25) is 4.79 Å². The number of hydrogen-bond donors (Lipinski definition) is 1. The maximum Gasteiger partial charge on any atom is 0.254 e. The lowest BCUT2D eigenvalue weighted by Gasteiger charge is -2.20. The number of carbonyl (C=O) groups excluding carboxylic acids is 1. The van der Waals surface area contributed by atoms with Gasteiger partial charge in [0.1, 0.15) is 11.6 Å². The van der Waals surface area contributed by atoms with E-state index in [1.165, 1.54) is 12.8 Å². The maximum absolute atomic E-state index is 12.8. The quantitative estimate of drug-likeness (QED) is 0.873. The summed E-state index contributed by atoms with van der Waals surface area (Å²) in [6.45, 7) is 1.65. The van der Waals surface area contributed by atoms with Gasteiger partial charge in [-0.25, -0.2) is 4.98 Å². The van der Waals surface area contributed by atoms with E-state index in [4.69, 9.17) is 16.3 Å². The Morgan fingerprint density at radius 2 is 1.92 bits per heavy atom. The number of benzene rings is 1. The van der Waals surface area contributed by atoms with Gasteiger partial charge in [-0.05, 0) is 43.2 Å². The Hall–Kier alpha value is -2.27. The molecule has 1 saturated heterocycles. The van der Waals surface area contributed by atoms with Crippen LogP contribution < -0.4 is 10.1 Å². The Kier molecular flexibility index (Phi) is 5.76. The number of ether oxygens (including phenoxy) is 1. The molecule has 1 fully saturated rings. The van der Waals surface area contributed by atoms with Crippen molar-refractivity contribution in [2.45, 2.75) is 25.7 Å². The Balaban J connectivity index is 1.79. The van der Waals surface area contributed by atoms with Gasteiger partial charge in [0.15, 0.2) is 0 Å². The first-order chi connectivity index (χ1) is 12.2. The molecule has 1 aliphatic heterocycles. The van der Waals surface area contributed by atoms with E-state index in [0.29, 0.717) is 27.8 Å². The van der Waals surface area contributed by atoms with E-state index in [1.54, 1.807) is 43.6 Å². The van der Waals surface area contributed by atoms with Gasteiger partial charge >= 0.3 is 0 Å². The lowest BCUT2D eigenvalue weighted by Crippen LogP contribution is -2.31. The summed E-state index contributed by atoms with van der Waals surface area (Å²) in [5.74, 6) is 1.31. The van der Waals surface area contributed by atoms with Gasteiger partial charge in [0, 0.05) is 29.9 Å². The number of carbonyl (C=O) groups is 1. The van der Waals surface area contributed by atoms with Crippen LogP contribution in [-0.4, -0.2) is 36.0 Å². The van der Waals surface area contributed by atoms with E-state index in [1.807, 2.05) is 4.90 Å². The number of anilines is 2. The molecule has 6 heteroatoms. The molecule has 0 radical (unpaired) electrons. The van der Waals surface area contributed by atoms with Crippen LogP contribution >= 0.6 is 11.6 Å². The molecule has 1 N–H and O–H groups in total. The molecule has 0 bridgehead atoms. The number of nitrogens with one attached hydrogen (secondary N) is 1. The van der Waals surface area contributed by atoms with Crippen molar-refractivity contribution in [2.75, 3.05) is 25.5 Å². The third-order valence-electron chi connectivity index (χ3n) is 4.32. The van der Waals surface area contributed by atoms with Crippen LogP contribution in [0.4, 0.5) is 11.5 Å². The molecule has 1 amide bonds. The van der Waals surface area contributed by atoms with E-state index < -0.39 is 0 Å². The van der Waals surface area contributed by atoms with E-state index in [9.17, 15) is 4.79 Å². The lowest BCUT2D eigenvalue weighted by atomic mass is 10.2. The van der Waals surface area contributed by atoms with E-state index in [2.05, 4.69) is 10.3 Å². The first-order valence-corrected chi connectivity index (χ1v) is 8.91. The third-order valence-corrected chi connectivity index (χ3v) is 4.56. The Labute approximate surface area is 153 Å². The van der Waals surface area contributed by atoms with Crippen molar-refractivity contribution in [3.63, 3.8) is 0 Å². The molecule has 3 rings (SSSR count). The van der Waals surface area contributed by atoms with E-state index in [0.717, 1.165) is 25.9 Å². The van der Waals surface area contributed by atoms with Crippen LogP contribution in [-0.2, 0) is 0 Å². The molecule has 25 heavy (non-hydrogen) atoms. The summed E-state index contributed by atoms with van der Waals surface area (Å²) >= 11 is 6.06. The molecular formula is C19H22ClN3O2. The molecule has 1 aromatic heterocycles. The Bertz CT molecular complexity index is 743. The van der Waals surface area contributed by atoms with Crippen molar-refractivity contribution in [3.05, 3.63) is 47.1 Å². The molecule has 0 saturated carbocycles. The highest BCUT2D eigenvalue weighted by Gasteiger charge is 2.18. The fraction of sp³-hybridized carbons (Fsp3) is 0.368. The zero-order valence-corrected chi connectivity index (χ0v) is 15.1. The van der Waals surface area contributed by atoms with Gasteiger partial charge in [0.05, 0.1) is 12.8 Å². The Morgan fingerprint density at radius 1 is 1.16 bits per heavy atom. The smallest absolute Gasteiger partial charge is 0.254 e.